The van der Waals surface area contributed by atoms with Crippen molar-refractivity contribution in [2.45, 2.75) is 6.92 Å². The number of hydrogen-bond acceptors (Lipinski definition) is 4. The van der Waals surface area contributed by atoms with Crippen LogP contribution >= 0.6 is 0 Å². The third-order valence-electron chi connectivity index (χ3n) is 4.29. The van der Waals surface area contributed by atoms with Crippen LogP contribution in [-0.4, -0.2) is 40.5 Å². The van der Waals surface area contributed by atoms with Crippen LogP contribution in [0.4, 0.5) is 0 Å². The molecule has 1 aliphatic heterocycles. The number of phenolic OH excluding ortho intramolecular Hbond substituents is 2. The lowest BCUT2D eigenvalue weighted by atomic mass is 9.94. The van der Waals surface area contributed by atoms with Gasteiger partial charge < -0.3 is 10.2 Å². The molecule has 0 bridgehead atoms. The Morgan fingerprint density at radius 2 is 1.24 bits per heavy atom. The summed E-state index contributed by atoms with van der Waals surface area (Å²) in [6.07, 6.45) is 3.77. The maximum absolute atomic E-state index is 12.9. The minimum absolute atomic E-state index is 0.0471. The number of ketones is 1. The first kappa shape index (κ1) is 17.0. The van der Waals surface area contributed by atoms with Crippen LogP contribution in [0.2, 0.25) is 0 Å². The summed E-state index contributed by atoms with van der Waals surface area (Å²) in [5.74, 6) is 0.464. The molecule has 0 aromatic heterocycles. The highest BCUT2D eigenvalue weighted by Gasteiger charge is 2.25. The number of Topliss-reactive ketones (excluding diaryl/α,β-unsaturated/α-hetero) is 1. The lowest BCUT2D eigenvalue weighted by molar-refractivity contribution is -0.113. The van der Waals surface area contributed by atoms with Crippen LogP contribution in [0.25, 0.3) is 12.2 Å². The molecule has 1 heterocycles. The van der Waals surface area contributed by atoms with Gasteiger partial charge in [-0.3, -0.25) is 9.69 Å². The van der Waals surface area contributed by atoms with E-state index in [4.69, 9.17) is 0 Å². The van der Waals surface area contributed by atoms with Crippen molar-refractivity contribution < 1.29 is 15.0 Å². The minimum Gasteiger partial charge on any atom is -0.508 e. The molecule has 4 nitrogen and oxygen atoms in total. The SMILES string of the molecule is CCN1CC(=Cc2ccc(O)cc2)C(=O)C(=Cc2ccc(O)cc2)C1. The van der Waals surface area contributed by atoms with E-state index in [-0.39, 0.29) is 17.3 Å². The first-order valence-corrected chi connectivity index (χ1v) is 8.31. The molecule has 0 amide bonds. The second-order valence-corrected chi connectivity index (χ2v) is 6.15. The van der Waals surface area contributed by atoms with Crippen LogP contribution in [0.1, 0.15) is 18.1 Å². The first-order chi connectivity index (χ1) is 12.0. The predicted octanol–water partition coefficient (Wildman–Crippen LogP) is 3.47. The predicted molar refractivity (Wildman–Crippen MR) is 99.3 cm³/mol. The standard InChI is InChI=1S/C21H21NO3/c1-2-22-13-17(11-15-3-7-19(23)8-4-15)21(25)18(14-22)12-16-5-9-20(24)10-6-16/h3-12,23-24H,2,13-14H2,1H3. The quantitative estimate of drug-likeness (QED) is 0.843. The molecule has 128 valence electrons. The van der Waals surface area contributed by atoms with Gasteiger partial charge in [-0.2, -0.15) is 0 Å². The van der Waals surface area contributed by atoms with Crippen molar-refractivity contribution in [1.29, 1.82) is 0 Å². The summed E-state index contributed by atoms with van der Waals surface area (Å²) in [7, 11) is 0. The van der Waals surface area contributed by atoms with E-state index in [0.717, 1.165) is 28.8 Å². The molecular formula is C21H21NO3. The number of carbonyl (C=O) groups excluding carboxylic acids is 1. The summed E-state index contributed by atoms with van der Waals surface area (Å²) in [6.45, 7) is 4.16. The maximum atomic E-state index is 12.9. The summed E-state index contributed by atoms with van der Waals surface area (Å²) in [5, 5.41) is 18.8. The fourth-order valence-electron chi connectivity index (χ4n) is 2.88. The average Bonchev–Trinajstić information content (AvgIpc) is 2.62. The number of benzene rings is 2. The van der Waals surface area contributed by atoms with E-state index in [1.54, 1.807) is 48.5 Å². The molecular weight excluding hydrogens is 314 g/mol. The maximum Gasteiger partial charge on any atom is 0.187 e. The number of nitrogens with zero attached hydrogens (tertiary/aromatic N) is 1. The van der Waals surface area contributed by atoms with Crippen molar-refractivity contribution in [3.05, 3.63) is 70.8 Å². The zero-order valence-corrected chi connectivity index (χ0v) is 14.1. The normalized spacial score (nSPS) is 18.8. The molecule has 2 N–H and O–H groups in total. The van der Waals surface area contributed by atoms with E-state index < -0.39 is 0 Å². The molecule has 25 heavy (non-hydrogen) atoms. The van der Waals surface area contributed by atoms with Crippen LogP contribution in [0.15, 0.2) is 59.7 Å². The molecule has 3 rings (SSSR count). The zero-order chi connectivity index (χ0) is 17.8. The molecule has 0 atom stereocenters. The molecule has 2 aromatic carbocycles. The summed E-state index contributed by atoms with van der Waals surface area (Å²) in [5.41, 5.74) is 3.26. The number of phenols is 2. The summed E-state index contributed by atoms with van der Waals surface area (Å²) in [4.78, 5) is 15.1. The monoisotopic (exact) mass is 335 g/mol. The molecule has 2 aromatic rings. The molecule has 1 saturated heterocycles. The fraction of sp³-hybridized carbons (Fsp3) is 0.190. The average molecular weight is 335 g/mol. The Morgan fingerprint density at radius 3 is 1.60 bits per heavy atom. The third kappa shape index (κ3) is 4.17. The van der Waals surface area contributed by atoms with Gasteiger partial charge in [0.05, 0.1) is 0 Å². The lowest BCUT2D eigenvalue weighted by Gasteiger charge is -2.28. The van der Waals surface area contributed by atoms with Gasteiger partial charge in [0.2, 0.25) is 0 Å². The minimum atomic E-state index is 0.0471. The van der Waals surface area contributed by atoms with Crippen molar-refractivity contribution >= 4 is 17.9 Å². The smallest absolute Gasteiger partial charge is 0.187 e. The third-order valence-corrected chi connectivity index (χ3v) is 4.29. The van der Waals surface area contributed by atoms with Crippen molar-refractivity contribution in [2.24, 2.45) is 0 Å². The van der Waals surface area contributed by atoms with E-state index in [1.807, 2.05) is 12.2 Å². The van der Waals surface area contributed by atoms with E-state index in [2.05, 4.69) is 11.8 Å². The van der Waals surface area contributed by atoms with E-state index >= 15 is 0 Å². The largest absolute Gasteiger partial charge is 0.508 e. The number of hydrogen-bond donors (Lipinski definition) is 2. The Bertz CT molecular complexity index is 750. The summed E-state index contributed by atoms with van der Waals surface area (Å²) in [6, 6.07) is 13.6. The van der Waals surface area contributed by atoms with Crippen molar-refractivity contribution in [3.8, 4) is 11.5 Å². The van der Waals surface area contributed by atoms with Gasteiger partial charge in [0.1, 0.15) is 11.5 Å². The van der Waals surface area contributed by atoms with Gasteiger partial charge in [-0.25, -0.2) is 0 Å². The van der Waals surface area contributed by atoms with Crippen LogP contribution in [0, 0.1) is 0 Å². The number of aromatic hydroxyl groups is 2. The summed E-state index contributed by atoms with van der Waals surface area (Å²) < 4.78 is 0. The Kier molecular flexibility index (Phi) is 5.00. The van der Waals surface area contributed by atoms with Crippen LogP contribution in [0.5, 0.6) is 11.5 Å². The van der Waals surface area contributed by atoms with Crippen molar-refractivity contribution in [3.63, 3.8) is 0 Å². The first-order valence-electron chi connectivity index (χ1n) is 8.31. The van der Waals surface area contributed by atoms with Gasteiger partial charge >= 0.3 is 0 Å². The van der Waals surface area contributed by atoms with E-state index in [1.165, 1.54) is 0 Å². The second-order valence-electron chi connectivity index (χ2n) is 6.15. The van der Waals surface area contributed by atoms with Crippen molar-refractivity contribution in [1.82, 2.24) is 4.90 Å². The van der Waals surface area contributed by atoms with Gasteiger partial charge in [0.25, 0.3) is 0 Å². The highest BCUT2D eigenvalue weighted by molar-refractivity contribution is 6.14. The van der Waals surface area contributed by atoms with Gasteiger partial charge in [0.15, 0.2) is 5.78 Å². The molecule has 1 aliphatic rings. The number of likely N-dealkylation sites (tertiary alicyclic amines) is 1. The molecule has 0 spiro atoms. The number of likely N-dealkylation sites (N-methyl/N-ethyl adjacent to an activating group) is 1. The zero-order valence-electron chi connectivity index (χ0n) is 14.1. The molecule has 0 aliphatic carbocycles. The van der Waals surface area contributed by atoms with Gasteiger partial charge in [-0.15, -0.1) is 0 Å². The Morgan fingerprint density at radius 1 is 0.840 bits per heavy atom. The van der Waals surface area contributed by atoms with E-state index in [0.29, 0.717) is 13.1 Å². The highest BCUT2D eigenvalue weighted by atomic mass is 16.3. The number of piperidine rings is 1. The second kappa shape index (κ2) is 7.36. The molecule has 0 unspecified atom stereocenters. The Labute approximate surface area is 147 Å². The topological polar surface area (TPSA) is 60.8 Å². The highest BCUT2D eigenvalue weighted by Crippen LogP contribution is 2.23. The van der Waals surface area contributed by atoms with Crippen molar-refractivity contribution in [2.75, 3.05) is 19.6 Å². The van der Waals surface area contributed by atoms with Crippen LogP contribution in [-0.2, 0) is 4.79 Å². The molecule has 1 fully saturated rings. The lowest BCUT2D eigenvalue weighted by Crippen LogP contribution is -2.37. The van der Waals surface area contributed by atoms with Gasteiger partial charge in [-0.05, 0) is 54.1 Å². The number of carbonyl (C=O) groups is 1. The molecule has 0 radical (unpaired) electrons. The van der Waals surface area contributed by atoms with Gasteiger partial charge in [0, 0.05) is 24.2 Å². The summed E-state index contributed by atoms with van der Waals surface area (Å²) >= 11 is 0. The Hall–Kier alpha value is -2.85. The fourth-order valence-corrected chi connectivity index (χ4v) is 2.88. The van der Waals surface area contributed by atoms with Crippen LogP contribution < -0.4 is 0 Å². The number of rotatable bonds is 3. The van der Waals surface area contributed by atoms with E-state index in [9.17, 15) is 15.0 Å². The van der Waals surface area contributed by atoms with Crippen LogP contribution in [0.3, 0.4) is 0 Å². The van der Waals surface area contributed by atoms with Gasteiger partial charge in [-0.1, -0.05) is 31.2 Å². The molecule has 4 heteroatoms. The molecule has 0 saturated carbocycles. The Balaban J connectivity index is 1.93.